The van der Waals surface area contributed by atoms with Crippen molar-refractivity contribution < 1.29 is 13.6 Å². The van der Waals surface area contributed by atoms with Crippen LogP contribution in [0, 0.1) is 11.6 Å². The Hall–Kier alpha value is -3.29. The molecule has 30 heavy (non-hydrogen) atoms. The molecule has 0 unspecified atom stereocenters. The molecule has 2 N–H and O–H groups in total. The molecule has 0 saturated heterocycles. The lowest BCUT2D eigenvalue weighted by atomic mass is 10.2. The van der Waals surface area contributed by atoms with Gasteiger partial charge in [-0.15, -0.1) is 0 Å². The fourth-order valence-corrected chi connectivity index (χ4v) is 2.78. The Balaban J connectivity index is 1.59. The molecule has 3 aromatic rings. The van der Waals surface area contributed by atoms with E-state index in [0.717, 1.165) is 6.21 Å². The molecule has 3 rings (SSSR count). The minimum atomic E-state index is -0.548. The van der Waals surface area contributed by atoms with Crippen molar-refractivity contribution in [3.63, 3.8) is 0 Å². The van der Waals surface area contributed by atoms with Gasteiger partial charge in [0, 0.05) is 16.7 Å². The molecular formula is C21H14Cl2F2N4O. The van der Waals surface area contributed by atoms with E-state index in [0.29, 0.717) is 11.3 Å². The van der Waals surface area contributed by atoms with E-state index in [-0.39, 0.29) is 21.2 Å². The highest BCUT2D eigenvalue weighted by Crippen LogP contribution is 2.18. The number of nitrogens with zero attached hydrogens (tertiary/aromatic N) is 2. The molecule has 0 aromatic heterocycles. The number of hydrazone groups is 2. The molecule has 0 fully saturated rings. The number of halogens is 4. The summed E-state index contributed by atoms with van der Waals surface area (Å²) in [5, 5.41) is 8.08. The topological polar surface area (TPSA) is 65.8 Å². The third kappa shape index (κ3) is 5.40. The number of carbonyl (C=O) groups excluding carboxylic acids is 1. The summed E-state index contributed by atoms with van der Waals surface area (Å²) in [7, 11) is 0. The van der Waals surface area contributed by atoms with E-state index >= 15 is 0 Å². The normalized spacial score (nSPS) is 11.2. The van der Waals surface area contributed by atoms with Gasteiger partial charge in [-0.25, -0.2) is 14.2 Å². The first kappa shape index (κ1) is 21.4. The third-order valence-corrected chi connectivity index (χ3v) is 4.55. The third-order valence-electron chi connectivity index (χ3n) is 3.89. The Morgan fingerprint density at radius 3 is 1.87 bits per heavy atom. The van der Waals surface area contributed by atoms with E-state index in [1.54, 1.807) is 18.2 Å². The lowest BCUT2D eigenvalue weighted by Gasteiger charge is -2.04. The summed E-state index contributed by atoms with van der Waals surface area (Å²) in [6.07, 6.45) is 2.40. The summed E-state index contributed by atoms with van der Waals surface area (Å²) in [5.41, 5.74) is 6.14. The number of hydrogen-bond acceptors (Lipinski definition) is 4. The number of rotatable bonds is 6. The Kier molecular flexibility index (Phi) is 7.11. The van der Waals surface area contributed by atoms with Gasteiger partial charge in [0.1, 0.15) is 11.6 Å². The minimum absolute atomic E-state index is 0.0758. The molecular weight excluding hydrogens is 433 g/mol. The molecule has 1 amide bonds. The van der Waals surface area contributed by atoms with Crippen molar-refractivity contribution >= 4 is 47.2 Å². The Morgan fingerprint density at radius 2 is 1.33 bits per heavy atom. The molecule has 0 saturated carbocycles. The molecule has 0 spiro atoms. The average Bonchev–Trinajstić information content (AvgIpc) is 2.73. The predicted octanol–water partition coefficient (Wildman–Crippen LogP) is 5.48. The van der Waals surface area contributed by atoms with Crippen LogP contribution in [0.3, 0.4) is 0 Å². The van der Waals surface area contributed by atoms with Crippen LogP contribution in [0.4, 0.5) is 14.5 Å². The average molecular weight is 447 g/mol. The van der Waals surface area contributed by atoms with E-state index < -0.39 is 17.5 Å². The highest BCUT2D eigenvalue weighted by atomic mass is 35.5. The predicted molar refractivity (Wildman–Crippen MR) is 116 cm³/mol. The number of benzene rings is 3. The van der Waals surface area contributed by atoms with Crippen LogP contribution in [0.15, 0.2) is 70.9 Å². The van der Waals surface area contributed by atoms with Gasteiger partial charge in [-0.1, -0.05) is 35.3 Å². The first-order valence-corrected chi connectivity index (χ1v) is 9.32. The number of amides is 1. The highest BCUT2D eigenvalue weighted by Gasteiger charge is 2.07. The van der Waals surface area contributed by atoms with Gasteiger partial charge in [-0.3, -0.25) is 10.2 Å². The van der Waals surface area contributed by atoms with Crippen LogP contribution < -0.4 is 10.9 Å². The van der Waals surface area contributed by atoms with E-state index in [2.05, 4.69) is 21.1 Å². The van der Waals surface area contributed by atoms with Gasteiger partial charge in [0.25, 0.3) is 5.91 Å². The van der Waals surface area contributed by atoms with Gasteiger partial charge in [-0.05, 0) is 48.5 Å². The van der Waals surface area contributed by atoms with E-state index in [1.807, 2.05) is 0 Å². The Bertz CT molecular complexity index is 1080. The zero-order chi connectivity index (χ0) is 21.5. The van der Waals surface area contributed by atoms with Gasteiger partial charge >= 0.3 is 0 Å². The molecule has 5 nitrogen and oxygen atoms in total. The van der Waals surface area contributed by atoms with Crippen molar-refractivity contribution in [2.45, 2.75) is 0 Å². The lowest BCUT2D eigenvalue weighted by molar-refractivity contribution is 0.0955. The summed E-state index contributed by atoms with van der Waals surface area (Å²) in [6, 6.07) is 14.8. The van der Waals surface area contributed by atoms with Crippen molar-refractivity contribution in [3.8, 4) is 0 Å². The summed E-state index contributed by atoms with van der Waals surface area (Å²) < 4.78 is 27.3. The van der Waals surface area contributed by atoms with Gasteiger partial charge in [0.15, 0.2) is 0 Å². The molecule has 0 atom stereocenters. The highest BCUT2D eigenvalue weighted by molar-refractivity contribution is 6.33. The van der Waals surface area contributed by atoms with Crippen molar-refractivity contribution in [1.29, 1.82) is 0 Å². The fraction of sp³-hybridized carbons (Fsp3) is 0. The molecule has 0 aliphatic carbocycles. The number of nitrogens with one attached hydrogen (secondary N) is 2. The smallest absolute Gasteiger partial charge is 0.271 e. The largest absolute Gasteiger partial charge is 0.279 e. The first-order chi connectivity index (χ1) is 14.5. The van der Waals surface area contributed by atoms with Crippen molar-refractivity contribution in [2.24, 2.45) is 10.2 Å². The van der Waals surface area contributed by atoms with Gasteiger partial charge in [-0.2, -0.15) is 10.2 Å². The molecule has 0 aliphatic heterocycles. The number of hydrogen-bond donors (Lipinski definition) is 2. The minimum Gasteiger partial charge on any atom is -0.279 e. The fourth-order valence-electron chi connectivity index (χ4n) is 2.36. The Morgan fingerprint density at radius 1 is 0.800 bits per heavy atom. The quantitative estimate of drug-likeness (QED) is 0.388. The standard InChI is InChI=1S/C21H14Cl2F2N4O/c22-17-3-1-5-19(24)15(17)11-26-28-14-9-7-13(8-10-14)21(30)29-27-12-16-18(23)4-2-6-20(16)25/h1-12,28H,(H,29,30). The van der Waals surface area contributed by atoms with E-state index in [1.165, 1.54) is 48.7 Å². The van der Waals surface area contributed by atoms with Crippen LogP contribution in [-0.2, 0) is 0 Å². The molecule has 9 heteroatoms. The summed E-state index contributed by atoms with van der Waals surface area (Å²) >= 11 is 11.8. The van der Waals surface area contributed by atoms with Crippen LogP contribution in [-0.4, -0.2) is 18.3 Å². The second-order valence-corrected chi connectivity index (χ2v) is 6.73. The molecule has 0 radical (unpaired) electrons. The van der Waals surface area contributed by atoms with Crippen LogP contribution in [0.5, 0.6) is 0 Å². The summed E-state index contributed by atoms with van der Waals surface area (Å²) in [4.78, 5) is 12.1. The van der Waals surface area contributed by atoms with E-state index in [4.69, 9.17) is 23.2 Å². The molecule has 152 valence electrons. The molecule has 3 aromatic carbocycles. The van der Waals surface area contributed by atoms with Crippen molar-refractivity contribution in [2.75, 3.05) is 5.43 Å². The second kappa shape index (κ2) is 9.96. The number of carbonyl (C=O) groups is 1. The van der Waals surface area contributed by atoms with E-state index in [9.17, 15) is 13.6 Å². The second-order valence-electron chi connectivity index (χ2n) is 5.92. The maximum Gasteiger partial charge on any atom is 0.271 e. The van der Waals surface area contributed by atoms with Gasteiger partial charge < -0.3 is 0 Å². The first-order valence-electron chi connectivity index (χ1n) is 8.56. The molecule has 0 aliphatic rings. The van der Waals surface area contributed by atoms with Crippen LogP contribution in [0.2, 0.25) is 10.0 Å². The SMILES string of the molecule is O=C(NN=Cc1c(F)cccc1Cl)c1ccc(NN=Cc2c(F)cccc2Cl)cc1. The van der Waals surface area contributed by atoms with Crippen LogP contribution >= 0.6 is 23.2 Å². The van der Waals surface area contributed by atoms with Crippen molar-refractivity contribution in [3.05, 3.63) is 99.0 Å². The monoisotopic (exact) mass is 446 g/mol. The van der Waals surface area contributed by atoms with Gasteiger partial charge in [0.2, 0.25) is 0 Å². The van der Waals surface area contributed by atoms with Crippen LogP contribution in [0.1, 0.15) is 21.5 Å². The molecule has 0 heterocycles. The summed E-state index contributed by atoms with van der Waals surface area (Å²) in [5.74, 6) is -1.53. The zero-order valence-electron chi connectivity index (χ0n) is 15.2. The van der Waals surface area contributed by atoms with Gasteiger partial charge in [0.05, 0.1) is 28.2 Å². The number of anilines is 1. The molecule has 0 bridgehead atoms. The summed E-state index contributed by atoms with van der Waals surface area (Å²) in [6.45, 7) is 0. The maximum atomic E-state index is 13.7. The zero-order valence-corrected chi connectivity index (χ0v) is 16.8. The lowest BCUT2D eigenvalue weighted by Crippen LogP contribution is -2.17. The van der Waals surface area contributed by atoms with Crippen molar-refractivity contribution in [1.82, 2.24) is 5.43 Å². The maximum absolute atomic E-state index is 13.7. The van der Waals surface area contributed by atoms with Crippen LogP contribution in [0.25, 0.3) is 0 Å². The Labute approximate surface area is 181 Å².